The van der Waals surface area contributed by atoms with E-state index in [1.807, 2.05) is 6.92 Å². The molecule has 8 heteroatoms. The molecule has 1 spiro atoms. The van der Waals surface area contributed by atoms with E-state index in [-0.39, 0.29) is 17.8 Å². The van der Waals surface area contributed by atoms with Crippen LogP contribution in [-0.4, -0.2) is 47.6 Å². The first-order chi connectivity index (χ1) is 13.9. The Hall–Kier alpha value is -3.00. The number of rotatable bonds is 1. The number of benzene rings is 1. The number of carbonyl (C=O) groups is 1. The van der Waals surface area contributed by atoms with E-state index in [4.69, 9.17) is 15.2 Å². The molecule has 7 nitrogen and oxygen atoms in total. The summed E-state index contributed by atoms with van der Waals surface area (Å²) in [7, 11) is 1.61. The summed E-state index contributed by atoms with van der Waals surface area (Å²) in [5.41, 5.74) is 5.68. The smallest absolute Gasteiger partial charge is 0.262 e. The first-order valence-electron chi connectivity index (χ1n) is 9.52. The number of pyridine rings is 1. The van der Waals surface area contributed by atoms with Gasteiger partial charge in [0.25, 0.3) is 5.91 Å². The van der Waals surface area contributed by atoms with Gasteiger partial charge in [0.05, 0.1) is 19.1 Å². The second-order valence-corrected chi connectivity index (χ2v) is 7.95. The lowest BCUT2D eigenvalue weighted by atomic mass is 9.66. The molecule has 1 aromatic carbocycles. The highest BCUT2D eigenvalue weighted by molar-refractivity contribution is 6.07. The minimum atomic E-state index is -1.27. The number of aromatic nitrogens is 1. The van der Waals surface area contributed by atoms with E-state index < -0.39 is 17.1 Å². The van der Waals surface area contributed by atoms with Gasteiger partial charge in [0.15, 0.2) is 11.5 Å². The van der Waals surface area contributed by atoms with Gasteiger partial charge in [0, 0.05) is 30.8 Å². The van der Waals surface area contributed by atoms with Crippen LogP contribution >= 0.6 is 0 Å². The first kappa shape index (κ1) is 18.1. The lowest BCUT2D eigenvalue weighted by Gasteiger charge is -2.51. The standard InChI is InChI=1S/C21H21FN4O3/c1-20-7-9-28-11-16(20)21(18(27)26(2)19(23)25-21)14-10-12(5-6-15(14)29-20)13-4-3-8-24-17(13)22/h3-6,8,10,16H,7,9,11H2,1-2H3,(H2,23,25)/t16-,20+,21+/m1/s1. The van der Waals surface area contributed by atoms with Gasteiger partial charge in [-0.15, -0.1) is 0 Å². The zero-order chi connectivity index (χ0) is 20.4. The molecule has 2 N–H and O–H groups in total. The number of guanidine groups is 1. The van der Waals surface area contributed by atoms with Crippen LogP contribution in [0.25, 0.3) is 11.1 Å². The molecule has 3 atom stereocenters. The van der Waals surface area contributed by atoms with E-state index >= 15 is 0 Å². The van der Waals surface area contributed by atoms with Crippen LogP contribution in [0.1, 0.15) is 18.9 Å². The average Bonchev–Trinajstić information content (AvgIpc) is 2.93. The Morgan fingerprint density at radius 2 is 2.17 bits per heavy atom. The summed E-state index contributed by atoms with van der Waals surface area (Å²) >= 11 is 0. The minimum Gasteiger partial charge on any atom is -0.487 e. The number of amides is 1. The molecule has 0 aliphatic carbocycles. The summed E-state index contributed by atoms with van der Waals surface area (Å²) in [5, 5.41) is 0. The predicted molar refractivity (Wildman–Crippen MR) is 104 cm³/mol. The molecule has 1 amide bonds. The van der Waals surface area contributed by atoms with Gasteiger partial charge < -0.3 is 15.2 Å². The van der Waals surface area contributed by atoms with E-state index in [0.29, 0.717) is 42.1 Å². The van der Waals surface area contributed by atoms with Crippen molar-refractivity contribution in [3.8, 4) is 16.9 Å². The molecule has 1 fully saturated rings. The highest BCUT2D eigenvalue weighted by atomic mass is 19.1. The van der Waals surface area contributed by atoms with Crippen molar-refractivity contribution in [1.82, 2.24) is 9.88 Å². The molecule has 1 saturated heterocycles. The Morgan fingerprint density at radius 3 is 2.90 bits per heavy atom. The van der Waals surface area contributed by atoms with E-state index in [1.165, 1.54) is 11.1 Å². The number of carbonyl (C=O) groups excluding carboxylic acids is 1. The molecule has 0 bridgehead atoms. The van der Waals surface area contributed by atoms with Crippen molar-refractivity contribution >= 4 is 11.9 Å². The van der Waals surface area contributed by atoms with Crippen molar-refractivity contribution < 1.29 is 18.7 Å². The predicted octanol–water partition coefficient (Wildman–Crippen LogP) is 2.06. The highest BCUT2D eigenvalue weighted by Crippen LogP contribution is 2.55. The molecule has 5 rings (SSSR count). The molecular formula is C21H21FN4O3. The van der Waals surface area contributed by atoms with E-state index in [1.54, 1.807) is 37.4 Å². The number of hydrogen-bond acceptors (Lipinski definition) is 6. The lowest BCUT2D eigenvalue weighted by molar-refractivity contribution is -0.154. The normalized spacial score (nSPS) is 30.6. The summed E-state index contributed by atoms with van der Waals surface area (Å²) in [6.45, 7) is 2.84. The van der Waals surface area contributed by atoms with E-state index in [0.717, 1.165) is 0 Å². The fourth-order valence-electron chi connectivity index (χ4n) is 4.70. The van der Waals surface area contributed by atoms with Gasteiger partial charge in [0.1, 0.15) is 11.4 Å². The lowest BCUT2D eigenvalue weighted by Crippen LogP contribution is -2.62. The Kier molecular flexibility index (Phi) is 3.73. The third kappa shape index (κ3) is 2.35. The van der Waals surface area contributed by atoms with Crippen LogP contribution in [0.15, 0.2) is 41.5 Å². The maximum Gasteiger partial charge on any atom is 0.262 e. The monoisotopic (exact) mass is 396 g/mol. The number of nitrogens with zero attached hydrogens (tertiary/aromatic N) is 3. The van der Waals surface area contributed by atoms with Crippen LogP contribution in [0.5, 0.6) is 5.75 Å². The molecular weight excluding hydrogens is 375 g/mol. The van der Waals surface area contributed by atoms with E-state index in [2.05, 4.69) is 9.98 Å². The Labute approximate surface area is 167 Å². The molecule has 3 aliphatic heterocycles. The second kappa shape index (κ2) is 6.00. The van der Waals surface area contributed by atoms with Crippen molar-refractivity contribution in [2.75, 3.05) is 20.3 Å². The zero-order valence-corrected chi connectivity index (χ0v) is 16.2. The van der Waals surface area contributed by atoms with Crippen LogP contribution in [0.4, 0.5) is 4.39 Å². The first-order valence-corrected chi connectivity index (χ1v) is 9.52. The molecule has 0 radical (unpaired) electrons. The zero-order valence-electron chi connectivity index (χ0n) is 16.2. The Bertz CT molecular complexity index is 1060. The van der Waals surface area contributed by atoms with Gasteiger partial charge >= 0.3 is 0 Å². The van der Waals surface area contributed by atoms with Crippen molar-refractivity contribution in [3.05, 3.63) is 48.0 Å². The number of halogens is 1. The molecule has 29 heavy (non-hydrogen) atoms. The average molecular weight is 396 g/mol. The van der Waals surface area contributed by atoms with Crippen molar-refractivity contribution in [2.45, 2.75) is 24.5 Å². The van der Waals surface area contributed by atoms with E-state index in [9.17, 15) is 9.18 Å². The van der Waals surface area contributed by atoms with Crippen molar-refractivity contribution in [3.63, 3.8) is 0 Å². The largest absolute Gasteiger partial charge is 0.487 e. The summed E-state index contributed by atoms with van der Waals surface area (Å²) < 4.78 is 26.4. The number of aliphatic imine (C=N–C) groups is 1. The molecule has 4 heterocycles. The van der Waals surface area contributed by atoms with Crippen LogP contribution < -0.4 is 10.5 Å². The van der Waals surface area contributed by atoms with Gasteiger partial charge in [-0.05, 0) is 36.8 Å². The maximum atomic E-state index is 14.3. The Balaban J connectivity index is 1.77. The number of ether oxygens (including phenoxy) is 2. The minimum absolute atomic E-state index is 0.147. The molecule has 0 unspecified atom stereocenters. The quantitative estimate of drug-likeness (QED) is 0.746. The van der Waals surface area contributed by atoms with Crippen LogP contribution in [0.3, 0.4) is 0 Å². The van der Waals surface area contributed by atoms with Crippen LogP contribution in [-0.2, 0) is 15.1 Å². The topological polar surface area (TPSA) is 90.0 Å². The van der Waals surface area contributed by atoms with Gasteiger partial charge in [-0.25, -0.2) is 9.98 Å². The van der Waals surface area contributed by atoms with Gasteiger partial charge in [0.2, 0.25) is 5.95 Å². The molecule has 2 aromatic rings. The van der Waals surface area contributed by atoms with Crippen LogP contribution in [0, 0.1) is 11.9 Å². The number of likely N-dealkylation sites (N-methyl/N-ethyl adjacent to an activating group) is 1. The fourth-order valence-corrected chi connectivity index (χ4v) is 4.70. The second-order valence-electron chi connectivity index (χ2n) is 7.95. The van der Waals surface area contributed by atoms with Gasteiger partial charge in [-0.1, -0.05) is 6.07 Å². The fraction of sp³-hybridized carbons (Fsp3) is 0.381. The Morgan fingerprint density at radius 1 is 1.34 bits per heavy atom. The third-order valence-electron chi connectivity index (χ3n) is 6.34. The van der Waals surface area contributed by atoms with Gasteiger partial charge in [-0.2, -0.15) is 4.39 Å². The number of hydrogen-bond donors (Lipinski definition) is 1. The SMILES string of the molecule is CN1C(=O)[C@]2(N=C1N)c1cc(-c3cccnc3F)ccc1O[C@@]1(C)CCOC[C@H]12. The summed E-state index contributed by atoms with van der Waals surface area (Å²) in [6, 6.07) is 8.62. The third-order valence-corrected chi connectivity index (χ3v) is 6.34. The maximum absolute atomic E-state index is 14.3. The summed E-state index contributed by atoms with van der Waals surface area (Å²) in [4.78, 5) is 23.3. The molecule has 1 aromatic heterocycles. The van der Waals surface area contributed by atoms with Gasteiger partial charge in [-0.3, -0.25) is 9.69 Å². The number of nitrogens with two attached hydrogens (primary N) is 1. The van der Waals surface area contributed by atoms with Crippen LogP contribution in [0.2, 0.25) is 0 Å². The molecule has 150 valence electrons. The molecule has 3 aliphatic rings. The summed E-state index contributed by atoms with van der Waals surface area (Å²) in [6.07, 6.45) is 2.03. The number of fused-ring (bicyclic) bond motifs is 4. The van der Waals surface area contributed by atoms with Crippen molar-refractivity contribution in [2.24, 2.45) is 16.6 Å². The molecule has 0 saturated carbocycles. The summed E-state index contributed by atoms with van der Waals surface area (Å²) in [5.74, 6) is -0.471. The van der Waals surface area contributed by atoms with Crippen molar-refractivity contribution in [1.29, 1.82) is 0 Å². The highest BCUT2D eigenvalue weighted by Gasteiger charge is 2.64.